The number of carbonyl (C=O) groups is 1. The first-order valence-corrected chi connectivity index (χ1v) is 10.0. The normalized spacial score (nSPS) is 13.4. The van der Waals surface area contributed by atoms with Gasteiger partial charge in [0.25, 0.3) is 5.69 Å². The Bertz CT molecular complexity index is 931. The van der Waals surface area contributed by atoms with Crippen molar-refractivity contribution in [1.82, 2.24) is 0 Å². The minimum atomic E-state index is -6.62. The molecule has 0 heterocycles. The van der Waals surface area contributed by atoms with Crippen LogP contribution in [0.3, 0.4) is 0 Å². The summed E-state index contributed by atoms with van der Waals surface area (Å²) in [6, 6.07) is 0.810. The highest BCUT2D eigenvalue weighted by atomic mass is 32.2. The second-order valence-electron chi connectivity index (χ2n) is 5.88. The van der Waals surface area contributed by atoms with Gasteiger partial charge in [-0.25, -0.2) is 8.42 Å². The lowest BCUT2D eigenvalue weighted by Gasteiger charge is -2.27. The van der Waals surface area contributed by atoms with Gasteiger partial charge in [0.1, 0.15) is 4.90 Å². The van der Waals surface area contributed by atoms with Gasteiger partial charge in [0.15, 0.2) is 15.6 Å². The molecule has 0 radical (unpaired) electrons. The van der Waals surface area contributed by atoms with E-state index in [0.717, 1.165) is 0 Å². The summed E-state index contributed by atoms with van der Waals surface area (Å²) in [7, 11) is -4.73. The molecule has 170 valence electrons. The molecule has 0 atom stereocenters. The Morgan fingerprint density at radius 3 is 2.13 bits per heavy atom. The molecule has 0 aliphatic carbocycles. The van der Waals surface area contributed by atoms with Crippen LogP contribution in [0.2, 0.25) is 0 Å². The Hall–Kier alpha value is -2.10. The molecule has 1 aromatic rings. The molecule has 7 nitrogen and oxygen atoms in total. The minimum absolute atomic E-state index is 0.0890. The molecule has 1 rings (SSSR count). The van der Waals surface area contributed by atoms with Crippen LogP contribution >= 0.6 is 11.8 Å². The van der Waals surface area contributed by atoms with Crippen LogP contribution in [0.5, 0.6) is 0 Å². The summed E-state index contributed by atoms with van der Waals surface area (Å²) in [5.41, 5.74) is -1.40. The molecule has 0 spiro atoms. The molecule has 0 aliphatic rings. The summed E-state index contributed by atoms with van der Waals surface area (Å²) in [6.45, 7) is 2.77. The number of nitrogens with zero attached hydrogens (tertiary/aromatic N) is 1. The van der Waals surface area contributed by atoms with Crippen LogP contribution in [-0.4, -0.2) is 48.5 Å². The molecule has 0 N–H and O–H groups in total. The fourth-order valence-electron chi connectivity index (χ4n) is 1.87. The second kappa shape index (κ2) is 8.56. The standard InChI is InChI=1S/C14H12F7NO6S2/c1-7(2)28-11(23)6-30(26,27)10-4-3-8(5-9(10)22(24)25)29-14(20,21)12(15,16)13(17,18)19/h3-5,7H,6H2,1-2H3. The van der Waals surface area contributed by atoms with E-state index in [0.29, 0.717) is 12.1 Å². The number of benzene rings is 1. The van der Waals surface area contributed by atoms with Gasteiger partial charge in [-0.3, -0.25) is 14.9 Å². The van der Waals surface area contributed by atoms with Gasteiger partial charge in [0, 0.05) is 11.0 Å². The van der Waals surface area contributed by atoms with Crippen LogP contribution in [0.1, 0.15) is 13.8 Å². The van der Waals surface area contributed by atoms with Gasteiger partial charge >= 0.3 is 23.3 Å². The summed E-state index contributed by atoms with van der Waals surface area (Å²) >= 11 is -1.34. The van der Waals surface area contributed by atoms with E-state index in [1.54, 1.807) is 0 Å². The molecule has 0 unspecified atom stereocenters. The summed E-state index contributed by atoms with van der Waals surface area (Å²) in [5, 5.41) is 5.34. The number of halogens is 7. The van der Waals surface area contributed by atoms with E-state index >= 15 is 0 Å². The quantitative estimate of drug-likeness (QED) is 0.178. The van der Waals surface area contributed by atoms with Gasteiger partial charge < -0.3 is 4.74 Å². The molecule has 16 heteroatoms. The van der Waals surface area contributed by atoms with Crippen molar-refractivity contribution in [3.63, 3.8) is 0 Å². The van der Waals surface area contributed by atoms with Crippen LogP contribution in [0.25, 0.3) is 0 Å². The average Bonchev–Trinajstić information content (AvgIpc) is 2.51. The molecular weight excluding hydrogens is 475 g/mol. The zero-order chi connectivity index (χ0) is 23.7. The predicted molar refractivity (Wildman–Crippen MR) is 88.2 cm³/mol. The van der Waals surface area contributed by atoms with Gasteiger partial charge in [-0.2, -0.15) is 30.7 Å². The SMILES string of the molecule is CC(C)OC(=O)CS(=O)(=O)c1ccc(SC(F)(F)C(F)(F)C(F)(F)F)cc1[N+](=O)[O-]. The lowest BCUT2D eigenvalue weighted by atomic mass is 10.3. The zero-order valence-corrected chi connectivity index (χ0v) is 16.5. The third kappa shape index (κ3) is 5.74. The number of carbonyl (C=O) groups excluding carboxylic acids is 1. The topological polar surface area (TPSA) is 104 Å². The summed E-state index contributed by atoms with van der Waals surface area (Å²) in [6.07, 6.45) is -7.34. The maximum Gasteiger partial charge on any atom is 0.460 e. The highest BCUT2D eigenvalue weighted by Crippen LogP contribution is 2.54. The van der Waals surface area contributed by atoms with Crippen molar-refractivity contribution in [3.8, 4) is 0 Å². The summed E-state index contributed by atoms with van der Waals surface area (Å²) in [4.78, 5) is 19.0. The highest BCUT2D eigenvalue weighted by molar-refractivity contribution is 8.00. The maximum absolute atomic E-state index is 13.5. The van der Waals surface area contributed by atoms with Crippen molar-refractivity contribution < 1.29 is 53.6 Å². The minimum Gasteiger partial charge on any atom is -0.462 e. The third-order valence-corrected chi connectivity index (χ3v) is 5.74. The van der Waals surface area contributed by atoms with E-state index in [9.17, 15) is 54.1 Å². The van der Waals surface area contributed by atoms with Gasteiger partial charge in [-0.05, 0) is 37.7 Å². The monoisotopic (exact) mass is 487 g/mol. The number of alkyl halides is 7. The van der Waals surface area contributed by atoms with Crippen LogP contribution in [0.15, 0.2) is 28.0 Å². The number of nitro groups is 1. The van der Waals surface area contributed by atoms with E-state index in [1.807, 2.05) is 0 Å². The maximum atomic E-state index is 13.5. The molecule has 0 saturated carbocycles. The number of ether oxygens (including phenoxy) is 1. The van der Waals surface area contributed by atoms with E-state index in [4.69, 9.17) is 0 Å². The number of hydrogen-bond acceptors (Lipinski definition) is 7. The molecule has 30 heavy (non-hydrogen) atoms. The summed E-state index contributed by atoms with van der Waals surface area (Å²) in [5.74, 6) is -9.12. The molecule has 0 aliphatic heterocycles. The molecule has 0 saturated heterocycles. The van der Waals surface area contributed by atoms with Gasteiger partial charge in [-0.1, -0.05) is 0 Å². The van der Waals surface area contributed by atoms with Gasteiger partial charge in [0.2, 0.25) is 0 Å². The first-order valence-electron chi connectivity index (χ1n) is 7.54. The first kappa shape index (κ1) is 25.9. The number of nitro benzene ring substituents is 1. The number of hydrogen-bond donors (Lipinski definition) is 0. The first-order chi connectivity index (χ1) is 13.3. The highest BCUT2D eigenvalue weighted by Gasteiger charge is 2.73. The van der Waals surface area contributed by atoms with Crippen molar-refractivity contribution in [3.05, 3.63) is 28.3 Å². The molecule has 0 aromatic heterocycles. The number of esters is 1. The largest absolute Gasteiger partial charge is 0.462 e. The van der Waals surface area contributed by atoms with Crippen LogP contribution < -0.4 is 0 Å². The van der Waals surface area contributed by atoms with Crippen molar-refractivity contribution in [2.75, 3.05) is 5.75 Å². The average molecular weight is 487 g/mol. The number of sulfone groups is 1. The molecule has 0 bridgehead atoms. The lowest BCUT2D eigenvalue weighted by molar-refractivity contribution is -0.388. The van der Waals surface area contributed by atoms with Crippen molar-refractivity contribution in [2.24, 2.45) is 0 Å². The zero-order valence-electron chi connectivity index (χ0n) is 14.9. The number of rotatable bonds is 8. The molecule has 0 fully saturated rings. The lowest BCUT2D eigenvalue weighted by Crippen LogP contribution is -2.49. The fourth-order valence-corrected chi connectivity index (χ4v) is 3.98. The van der Waals surface area contributed by atoms with Crippen molar-refractivity contribution in [1.29, 1.82) is 0 Å². The number of thioether (sulfide) groups is 1. The van der Waals surface area contributed by atoms with Crippen molar-refractivity contribution >= 4 is 33.3 Å². The Morgan fingerprint density at radius 1 is 1.17 bits per heavy atom. The molecule has 0 amide bonds. The van der Waals surface area contributed by atoms with E-state index < -0.39 is 77.2 Å². The van der Waals surface area contributed by atoms with Gasteiger partial charge in [0.05, 0.1) is 11.0 Å². The van der Waals surface area contributed by atoms with Crippen molar-refractivity contribution in [2.45, 2.75) is 47.1 Å². The van der Waals surface area contributed by atoms with E-state index in [-0.39, 0.29) is 6.07 Å². The Labute approximate surface area is 168 Å². The molecular formula is C14H12F7NO6S2. The predicted octanol–water partition coefficient (Wildman–Crippen LogP) is 4.20. The van der Waals surface area contributed by atoms with Gasteiger partial charge in [-0.15, -0.1) is 0 Å². The van der Waals surface area contributed by atoms with Crippen LogP contribution in [-0.2, 0) is 19.4 Å². The second-order valence-corrected chi connectivity index (χ2v) is 9.02. The Balaban J connectivity index is 3.34. The fraction of sp³-hybridized carbons (Fsp3) is 0.500. The summed E-state index contributed by atoms with van der Waals surface area (Å²) < 4.78 is 119. The molecule has 1 aromatic carbocycles. The van der Waals surface area contributed by atoms with Crippen LogP contribution in [0, 0.1) is 10.1 Å². The Morgan fingerprint density at radius 2 is 1.70 bits per heavy atom. The smallest absolute Gasteiger partial charge is 0.460 e. The van der Waals surface area contributed by atoms with E-state index in [2.05, 4.69) is 4.74 Å². The van der Waals surface area contributed by atoms with Crippen LogP contribution in [0.4, 0.5) is 36.4 Å². The van der Waals surface area contributed by atoms with E-state index in [1.165, 1.54) is 13.8 Å². The Kier molecular flexibility index (Phi) is 7.40. The third-order valence-electron chi connectivity index (χ3n) is 3.10.